The molecule has 0 bridgehead atoms. The number of unbranched alkanes of at least 4 members (excludes halogenated alkanes) is 23. The fourth-order valence-electron chi connectivity index (χ4n) is 8.30. The number of allylic oxidation sites excluding steroid dienone is 21. The minimum atomic E-state index is -0.828. The summed E-state index contributed by atoms with van der Waals surface area (Å²) in [5.41, 5.74) is 0. The summed E-state index contributed by atoms with van der Waals surface area (Å²) in [6.45, 7) is 6.32. The molecule has 0 spiro atoms. The number of ether oxygens (including phenoxy) is 3. The SMILES string of the molecule is CC/C=C\C/C=C\C/C=C\C/C=C\C/C=C\CCCCCCCCCCCC(=O)OCC(COC(=O)C/C=C\C/C=C\C/C=C\C/C=C\C/C=C\CC)OC(=O)CCCCCCCCC/C=C\CCCCCCCCC. The van der Waals surface area contributed by atoms with Gasteiger partial charge in [0.1, 0.15) is 13.2 Å². The molecular formula is C70H114O6. The van der Waals surface area contributed by atoms with E-state index in [4.69, 9.17) is 14.2 Å². The molecule has 6 nitrogen and oxygen atoms in total. The Morgan fingerprint density at radius 1 is 0.289 bits per heavy atom. The zero-order chi connectivity index (χ0) is 55.0. The number of carbonyl (C=O) groups is 3. The lowest BCUT2D eigenvalue weighted by Crippen LogP contribution is -2.30. The van der Waals surface area contributed by atoms with Crippen LogP contribution in [-0.4, -0.2) is 37.2 Å². The molecule has 76 heavy (non-hydrogen) atoms. The Balaban J connectivity index is 4.45. The molecular weight excluding hydrogens is 937 g/mol. The molecule has 0 aliphatic rings. The molecule has 0 aromatic carbocycles. The van der Waals surface area contributed by atoms with Gasteiger partial charge in [-0.15, -0.1) is 0 Å². The molecule has 0 fully saturated rings. The van der Waals surface area contributed by atoms with E-state index in [1.165, 1.54) is 122 Å². The number of hydrogen-bond acceptors (Lipinski definition) is 6. The van der Waals surface area contributed by atoms with Gasteiger partial charge in [-0.3, -0.25) is 14.4 Å². The topological polar surface area (TPSA) is 78.9 Å². The third-order valence-corrected chi connectivity index (χ3v) is 12.9. The van der Waals surface area contributed by atoms with Crippen LogP contribution < -0.4 is 0 Å². The predicted octanol–water partition coefficient (Wildman–Crippen LogP) is 21.4. The smallest absolute Gasteiger partial charge is 0.309 e. The van der Waals surface area contributed by atoms with Gasteiger partial charge in [-0.25, -0.2) is 0 Å². The molecule has 0 saturated carbocycles. The summed E-state index contributed by atoms with van der Waals surface area (Å²) in [7, 11) is 0. The minimum Gasteiger partial charge on any atom is -0.462 e. The third kappa shape index (κ3) is 60.4. The van der Waals surface area contributed by atoms with E-state index >= 15 is 0 Å². The summed E-state index contributed by atoms with van der Waals surface area (Å²) < 4.78 is 16.8. The molecule has 0 aliphatic carbocycles. The second-order valence-corrected chi connectivity index (χ2v) is 20.2. The first-order valence-electron chi connectivity index (χ1n) is 31.2. The van der Waals surface area contributed by atoms with Gasteiger partial charge in [-0.05, 0) is 116 Å². The van der Waals surface area contributed by atoms with Crippen molar-refractivity contribution in [2.24, 2.45) is 0 Å². The molecule has 0 aliphatic heterocycles. The zero-order valence-corrected chi connectivity index (χ0v) is 49.2. The first-order chi connectivity index (χ1) is 37.5. The highest BCUT2D eigenvalue weighted by atomic mass is 16.6. The molecule has 0 rings (SSSR count). The zero-order valence-electron chi connectivity index (χ0n) is 49.2. The summed E-state index contributed by atoms with van der Waals surface area (Å²) in [5.74, 6) is -1.06. The van der Waals surface area contributed by atoms with Crippen LogP contribution >= 0.6 is 0 Å². The van der Waals surface area contributed by atoms with Crippen molar-refractivity contribution in [3.05, 3.63) is 134 Å². The molecule has 0 N–H and O–H groups in total. The highest BCUT2D eigenvalue weighted by Crippen LogP contribution is 2.15. The lowest BCUT2D eigenvalue weighted by molar-refractivity contribution is -0.166. The molecule has 1 atom stereocenters. The van der Waals surface area contributed by atoms with Gasteiger partial charge in [0.15, 0.2) is 6.10 Å². The monoisotopic (exact) mass is 1050 g/mol. The van der Waals surface area contributed by atoms with Gasteiger partial charge in [0.25, 0.3) is 0 Å². The standard InChI is InChI=1S/C70H114O6/c1-4-7-10-13-16-19-22-25-28-30-32-33-34-35-36-37-38-40-42-45-48-51-54-57-60-63-69(72)75-66-67(65-74-68(71)62-59-56-53-50-47-44-41-27-24-21-18-15-12-9-6-3)76-70(73)64-61-58-55-52-49-46-43-39-31-29-26-23-20-17-14-11-8-5-2/h7,9-10,12,16,18-19,21,25,27-29,31-33,35-36,41,47,50,56,59,67H,4-6,8,11,13-15,17,20,22-24,26,30,34,37-40,42-46,48-49,51-55,57-58,60-66H2,1-3H3/b10-7-,12-9-,19-16-,21-18-,28-25-,31-29-,33-32-,36-35-,41-27-,50-47-,59-56-. The van der Waals surface area contributed by atoms with E-state index in [9.17, 15) is 14.4 Å². The maximum Gasteiger partial charge on any atom is 0.309 e. The van der Waals surface area contributed by atoms with E-state index in [0.29, 0.717) is 12.8 Å². The highest BCUT2D eigenvalue weighted by Gasteiger charge is 2.19. The quantitative estimate of drug-likeness (QED) is 0.0261. The van der Waals surface area contributed by atoms with E-state index in [0.717, 1.165) is 109 Å². The van der Waals surface area contributed by atoms with Crippen LogP contribution in [0.1, 0.15) is 271 Å². The van der Waals surface area contributed by atoms with Crippen molar-refractivity contribution < 1.29 is 28.6 Å². The van der Waals surface area contributed by atoms with Crippen LogP contribution in [0, 0.1) is 0 Å². The van der Waals surface area contributed by atoms with Gasteiger partial charge in [0, 0.05) is 12.8 Å². The largest absolute Gasteiger partial charge is 0.462 e. The van der Waals surface area contributed by atoms with Crippen molar-refractivity contribution in [2.45, 2.75) is 277 Å². The molecule has 0 heterocycles. The second kappa shape index (κ2) is 63.1. The fourth-order valence-corrected chi connectivity index (χ4v) is 8.30. The molecule has 0 aromatic rings. The van der Waals surface area contributed by atoms with Crippen molar-refractivity contribution >= 4 is 17.9 Å². The molecule has 6 heteroatoms. The van der Waals surface area contributed by atoms with Gasteiger partial charge in [-0.1, -0.05) is 270 Å². The Morgan fingerprint density at radius 3 is 0.934 bits per heavy atom. The second-order valence-electron chi connectivity index (χ2n) is 20.2. The first-order valence-corrected chi connectivity index (χ1v) is 31.2. The van der Waals surface area contributed by atoms with Crippen molar-refractivity contribution in [1.82, 2.24) is 0 Å². The number of carbonyl (C=O) groups excluding carboxylic acids is 3. The predicted molar refractivity (Wildman–Crippen MR) is 329 cm³/mol. The minimum absolute atomic E-state index is 0.116. The highest BCUT2D eigenvalue weighted by molar-refractivity contribution is 5.72. The van der Waals surface area contributed by atoms with Crippen LogP contribution in [-0.2, 0) is 28.6 Å². The van der Waals surface area contributed by atoms with Crippen LogP contribution in [0.25, 0.3) is 0 Å². The van der Waals surface area contributed by atoms with Crippen LogP contribution in [0.3, 0.4) is 0 Å². The lowest BCUT2D eigenvalue weighted by atomic mass is 10.1. The van der Waals surface area contributed by atoms with Gasteiger partial charge in [0.2, 0.25) is 0 Å². The molecule has 1 unspecified atom stereocenters. The summed E-state index contributed by atoms with van der Waals surface area (Å²) in [4.78, 5) is 38.2. The van der Waals surface area contributed by atoms with Crippen molar-refractivity contribution in [3.63, 3.8) is 0 Å². The van der Waals surface area contributed by atoms with Gasteiger partial charge >= 0.3 is 17.9 Å². The van der Waals surface area contributed by atoms with Crippen molar-refractivity contribution in [3.8, 4) is 0 Å². The number of rotatable bonds is 55. The van der Waals surface area contributed by atoms with Gasteiger partial charge in [-0.2, -0.15) is 0 Å². The van der Waals surface area contributed by atoms with Crippen LogP contribution in [0.2, 0.25) is 0 Å². The Kier molecular flexibility index (Phi) is 59.4. The first kappa shape index (κ1) is 71.5. The third-order valence-electron chi connectivity index (χ3n) is 12.9. The van der Waals surface area contributed by atoms with E-state index in [2.05, 4.69) is 142 Å². The van der Waals surface area contributed by atoms with Crippen molar-refractivity contribution in [2.75, 3.05) is 13.2 Å². The van der Waals surface area contributed by atoms with E-state index < -0.39 is 12.1 Å². The van der Waals surface area contributed by atoms with Gasteiger partial charge in [0.05, 0.1) is 6.42 Å². The normalized spacial score (nSPS) is 13.0. The molecule has 0 aromatic heterocycles. The fraction of sp³-hybridized carbons (Fsp3) is 0.643. The Bertz CT molecular complexity index is 1630. The van der Waals surface area contributed by atoms with Crippen LogP contribution in [0.4, 0.5) is 0 Å². The van der Waals surface area contributed by atoms with Crippen LogP contribution in [0.5, 0.6) is 0 Å². The average molecular weight is 1050 g/mol. The summed E-state index contributed by atoms with van der Waals surface area (Å²) in [5, 5.41) is 0. The molecule has 0 amide bonds. The summed E-state index contributed by atoms with van der Waals surface area (Å²) in [6, 6.07) is 0. The Hall–Kier alpha value is -4.45. The van der Waals surface area contributed by atoms with E-state index in [1.54, 1.807) is 6.08 Å². The lowest BCUT2D eigenvalue weighted by Gasteiger charge is -2.18. The summed E-state index contributed by atoms with van der Waals surface area (Å²) in [6.07, 6.45) is 89.0. The summed E-state index contributed by atoms with van der Waals surface area (Å²) >= 11 is 0. The molecule has 430 valence electrons. The maximum atomic E-state index is 12.9. The van der Waals surface area contributed by atoms with E-state index in [1.807, 2.05) is 6.08 Å². The molecule has 0 saturated heterocycles. The van der Waals surface area contributed by atoms with E-state index in [-0.39, 0.29) is 31.6 Å². The molecule has 0 radical (unpaired) electrons. The Morgan fingerprint density at radius 2 is 0.566 bits per heavy atom. The maximum absolute atomic E-state index is 12.9. The van der Waals surface area contributed by atoms with Crippen molar-refractivity contribution in [1.29, 1.82) is 0 Å². The average Bonchev–Trinajstić information content (AvgIpc) is 3.42. The number of hydrogen-bond donors (Lipinski definition) is 0. The van der Waals surface area contributed by atoms with Gasteiger partial charge < -0.3 is 14.2 Å². The number of esters is 3. The van der Waals surface area contributed by atoms with Crippen LogP contribution in [0.15, 0.2) is 134 Å². The Labute approximate surface area is 468 Å².